The molecular weight excluding hydrogens is 490 g/mol. The van der Waals surface area contributed by atoms with Gasteiger partial charge in [0, 0.05) is 16.5 Å². The van der Waals surface area contributed by atoms with E-state index in [-0.39, 0.29) is 19.1 Å². The van der Waals surface area contributed by atoms with Gasteiger partial charge >= 0.3 is 5.97 Å². The number of hydrogen-bond donors (Lipinski definition) is 1. The highest BCUT2D eigenvalue weighted by atomic mass is 16.5. The predicted octanol–water partition coefficient (Wildman–Crippen LogP) is 6.70. The molecule has 6 rings (SSSR count). The molecule has 0 aliphatic carbocycles. The molecule has 0 bridgehead atoms. The first kappa shape index (κ1) is 25.3. The average Bonchev–Trinajstić information content (AvgIpc) is 2.96. The minimum Gasteiger partial charge on any atom is -0.462 e. The Morgan fingerprint density at radius 2 is 1.44 bits per heavy atom. The van der Waals surface area contributed by atoms with E-state index in [9.17, 15) is 19.5 Å². The van der Waals surface area contributed by atoms with Gasteiger partial charge in [-0.1, -0.05) is 69.5 Å². The number of aliphatic hydroxyl groups is 1. The summed E-state index contributed by atoms with van der Waals surface area (Å²) in [5, 5.41) is 16.5. The van der Waals surface area contributed by atoms with Gasteiger partial charge in [0.1, 0.15) is 0 Å². The molecule has 1 N–H and O–H groups in total. The normalized spacial score (nSPS) is 14.3. The summed E-state index contributed by atoms with van der Waals surface area (Å²) in [5.74, 6) is -0.739. The lowest BCUT2D eigenvalue weighted by Crippen LogP contribution is -2.41. The maximum Gasteiger partial charge on any atom is 0.338 e. The van der Waals surface area contributed by atoms with Crippen LogP contribution in [0.1, 0.15) is 70.6 Å². The second kappa shape index (κ2) is 9.93. The lowest BCUT2D eigenvalue weighted by Gasteiger charge is -2.28. The molecule has 2 amide bonds. The first-order valence-electron chi connectivity index (χ1n) is 13.8. The largest absolute Gasteiger partial charge is 0.462 e. The summed E-state index contributed by atoms with van der Waals surface area (Å²) in [6, 6.07) is 17.1. The molecule has 5 aromatic carbocycles. The van der Waals surface area contributed by atoms with E-state index in [2.05, 4.69) is 13.8 Å². The molecule has 0 saturated heterocycles. The van der Waals surface area contributed by atoms with E-state index in [4.69, 9.17) is 4.74 Å². The van der Waals surface area contributed by atoms with E-state index in [0.29, 0.717) is 34.6 Å². The van der Waals surface area contributed by atoms with Crippen molar-refractivity contribution in [3.63, 3.8) is 0 Å². The number of aliphatic hydroxyl groups excluding tert-OH is 1. The zero-order valence-electron chi connectivity index (χ0n) is 22.3. The molecule has 0 spiro atoms. The number of benzene rings is 5. The van der Waals surface area contributed by atoms with Gasteiger partial charge in [-0.3, -0.25) is 14.5 Å². The van der Waals surface area contributed by atoms with E-state index < -0.39 is 11.8 Å². The van der Waals surface area contributed by atoms with Crippen LogP contribution in [-0.2, 0) is 4.74 Å². The number of carbonyl (C=O) groups is 3. The number of rotatable bonds is 9. The third-order valence-corrected chi connectivity index (χ3v) is 8.27. The van der Waals surface area contributed by atoms with Crippen LogP contribution in [0.3, 0.4) is 0 Å². The lowest BCUT2D eigenvalue weighted by atomic mass is 9.84. The maximum atomic E-state index is 13.3. The van der Waals surface area contributed by atoms with E-state index >= 15 is 0 Å². The van der Waals surface area contributed by atoms with Crippen molar-refractivity contribution in [3.8, 4) is 0 Å². The Morgan fingerprint density at radius 1 is 0.821 bits per heavy atom. The smallest absolute Gasteiger partial charge is 0.338 e. The second-order valence-electron chi connectivity index (χ2n) is 10.5. The minimum atomic E-state index is -0.392. The third kappa shape index (κ3) is 3.85. The summed E-state index contributed by atoms with van der Waals surface area (Å²) >= 11 is 0. The highest BCUT2D eigenvalue weighted by Gasteiger charge is 2.34. The number of imide groups is 1. The van der Waals surface area contributed by atoms with Crippen LogP contribution in [0.25, 0.3) is 43.1 Å². The molecule has 198 valence electrons. The molecule has 1 heterocycles. The Morgan fingerprint density at radius 3 is 2.08 bits per heavy atom. The highest BCUT2D eigenvalue weighted by Crippen LogP contribution is 2.44. The van der Waals surface area contributed by atoms with Crippen LogP contribution in [0.5, 0.6) is 0 Å². The van der Waals surface area contributed by atoms with Gasteiger partial charge < -0.3 is 9.84 Å². The number of unbranched alkanes of at least 4 members (excludes halogenated alkanes) is 1. The third-order valence-electron chi connectivity index (χ3n) is 8.27. The monoisotopic (exact) mass is 521 g/mol. The van der Waals surface area contributed by atoms with Gasteiger partial charge in [-0.15, -0.1) is 0 Å². The quantitative estimate of drug-likeness (QED) is 0.101. The average molecular weight is 522 g/mol. The van der Waals surface area contributed by atoms with Crippen LogP contribution in [-0.4, -0.2) is 47.5 Å². The number of nitrogens with zero attached hydrogens (tertiary/aromatic N) is 1. The predicted molar refractivity (Wildman–Crippen MR) is 154 cm³/mol. The number of ether oxygens (including phenoxy) is 1. The van der Waals surface area contributed by atoms with E-state index in [1.807, 2.05) is 42.5 Å². The van der Waals surface area contributed by atoms with Gasteiger partial charge in [-0.2, -0.15) is 0 Å². The number of amides is 2. The molecule has 0 aromatic heterocycles. The topological polar surface area (TPSA) is 83.9 Å². The van der Waals surface area contributed by atoms with E-state index in [1.165, 1.54) is 0 Å². The van der Waals surface area contributed by atoms with Gasteiger partial charge in [-0.05, 0) is 68.2 Å². The van der Waals surface area contributed by atoms with Gasteiger partial charge in [0.25, 0.3) is 11.8 Å². The molecule has 0 fully saturated rings. The van der Waals surface area contributed by atoms with Crippen LogP contribution in [0.15, 0.2) is 54.6 Å². The summed E-state index contributed by atoms with van der Waals surface area (Å²) in [4.78, 5) is 40.8. The maximum absolute atomic E-state index is 13.3. The van der Waals surface area contributed by atoms with Crippen LogP contribution < -0.4 is 0 Å². The molecule has 0 radical (unpaired) electrons. The van der Waals surface area contributed by atoms with Crippen LogP contribution in [0.2, 0.25) is 0 Å². The molecule has 0 saturated carbocycles. The Balaban J connectivity index is 1.52. The van der Waals surface area contributed by atoms with Crippen LogP contribution in [0, 0.1) is 5.92 Å². The van der Waals surface area contributed by atoms with Crippen molar-refractivity contribution in [1.29, 1.82) is 0 Å². The zero-order chi connectivity index (χ0) is 27.3. The Hall–Kier alpha value is -4.03. The molecular formula is C33H31NO5. The zero-order valence-corrected chi connectivity index (χ0v) is 22.3. The van der Waals surface area contributed by atoms with Gasteiger partial charge in [0.2, 0.25) is 0 Å². The molecule has 1 aliphatic rings. The van der Waals surface area contributed by atoms with Crippen LogP contribution in [0.4, 0.5) is 0 Å². The van der Waals surface area contributed by atoms with Gasteiger partial charge in [0.15, 0.2) is 0 Å². The van der Waals surface area contributed by atoms with Crippen molar-refractivity contribution in [2.45, 2.75) is 39.5 Å². The summed E-state index contributed by atoms with van der Waals surface area (Å²) in [5.41, 5.74) is 1.46. The van der Waals surface area contributed by atoms with Gasteiger partial charge in [-0.25, -0.2) is 4.79 Å². The first-order chi connectivity index (χ1) is 19.0. The second-order valence-corrected chi connectivity index (χ2v) is 10.5. The fourth-order valence-corrected chi connectivity index (χ4v) is 6.19. The summed E-state index contributed by atoms with van der Waals surface area (Å²) in [6.07, 6.45) is 4.28. The summed E-state index contributed by atoms with van der Waals surface area (Å²) in [7, 11) is 0. The molecule has 1 atom stereocenters. The molecule has 39 heavy (non-hydrogen) atoms. The van der Waals surface area contributed by atoms with E-state index in [1.54, 1.807) is 12.1 Å². The SMILES string of the molecule is CCCCC(CC)COC(=O)c1ccc2c3ccc4c5c(ccc(c6cccc1c62)c53)C(=O)N(CCO)C4=O. The Bertz CT molecular complexity index is 1700. The number of esters is 1. The van der Waals surface area contributed by atoms with Crippen molar-refractivity contribution >= 4 is 60.9 Å². The van der Waals surface area contributed by atoms with Gasteiger partial charge in [0.05, 0.1) is 25.3 Å². The summed E-state index contributed by atoms with van der Waals surface area (Å²) in [6.45, 7) is 4.39. The highest BCUT2D eigenvalue weighted by molar-refractivity contribution is 6.38. The molecule has 6 nitrogen and oxygen atoms in total. The molecule has 1 aliphatic heterocycles. The number of carbonyl (C=O) groups excluding carboxylic acids is 3. The standard InChI is InChI=1S/C33H31NO5/c1-3-5-7-19(4-2)18-39-33(38)25-13-10-22-24-12-15-27-30-26(31(36)34(16-17-35)32(27)37)14-11-23(29(24)30)20-8-6-9-21(25)28(20)22/h6,8-15,19,35H,3-5,7,16-18H2,1-2H3. The number of β-amino-alcohol motifs (C(OH)–C–C–N with tert-alkyl or cyclic N) is 1. The Kier molecular flexibility index (Phi) is 6.43. The number of hydrogen-bond acceptors (Lipinski definition) is 5. The van der Waals surface area contributed by atoms with Crippen molar-refractivity contribution in [1.82, 2.24) is 4.90 Å². The lowest BCUT2D eigenvalue weighted by molar-refractivity contribution is 0.0430. The van der Waals surface area contributed by atoms with Crippen molar-refractivity contribution in [2.24, 2.45) is 5.92 Å². The molecule has 6 heteroatoms. The number of fused-ring (bicyclic) bond motifs is 2. The fraction of sp³-hybridized carbons (Fsp3) is 0.303. The van der Waals surface area contributed by atoms with Crippen molar-refractivity contribution < 1.29 is 24.2 Å². The van der Waals surface area contributed by atoms with Crippen LogP contribution >= 0.6 is 0 Å². The van der Waals surface area contributed by atoms with Crippen molar-refractivity contribution in [3.05, 3.63) is 71.3 Å². The molecule has 5 aromatic rings. The fourth-order valence-electron chi connectivity index (χ4n) is 6.19. The van der Waals surface area contributed by atoms with E-state index in [0.717, 1.165) is 68.3 Å². The Labute approximate surface area is 226 Å². The minimum absolute atomic E-state index is 0.0409. The first-order valence-corrected chi connectivity index (χ1v) is 13.8. The van der Waals surface area contributed by atoms with Crippen molar-refractivity contribution in [2.75, 3.05) is 19.8 Å². The molecule has 1 unspecified atom stereocenters. The summed E-state index contributed by atoms with van der Waals surface area (Å²) < 4.78 is 5.82.